The number of nitrogens with one attached hydrogen (secondary N) is 1. The van der Waals surface area contributed by atoms with Gasteiger partial charge in [-0.15, -0.1) is 0 Å². The summed E-state index contributed by atoms with van der Waals surface area (Å²) in [5, 5.41) is 2.73. The Morgan fingerprint density at radius 1 is 1.27 bits per heavy atom. The molecular weight excluding hydrogens is 214 g/mol. The Morgan fingerprint density at radius 2 is 1.80 bits per heavy atom. The van der Waals surface area contributed by atoms with Crippen LogP contribution in [0.1, 0.15) is 18.0 Å². The molecule has 0 saturated carbocycles. The summed E-state index contributed by atoms with van der Waals surface area (Å²) in [5.41, 5.74) is 0.946. The summed E-state index contributed by atoms with van der Waals surface area (Å²) >= 11 is 0. The molecule has 80 valence electrons. The van der Waals surface area contributed by atoms with E-state index in [2.05, 4.69) is 5.32 Å². The highest BCUT2D eigenvalue weighted by atomic mass is 32.2. The maximum atomic E-state index is 11.2. The fourth-order valence-electron chi connectivity index (χ4n) is 1.51. The highest BCUT2D eigenvalue weighted by molar-refractivity contribution is 7.90. The second kappa shape index (κ2) is 3.34. The van der Waals surface area contributed by atoms with E-state index in [9.17, 15) is 13.2 Å². The standard InChI is InChI=1S/C10H11NO3S/c1-15(13,14)8-4-2-7(3-5-8)9-6-10(12)11-9/h2-5,9H,6H2,1H3,(H,11,12). The molecule has 2 rings (SSSR count). The van der Waals surface area contributed by atoms with Gasteiger partial charge < -0.3 is 5.32 Å². The maximum Gasteiger partial charge on any atom is 0.222 e. The van der Waals surface area contributed by atoms with Crippen molar-refractivity contribution in [2.24, 2.45) is 0 Å². The van der Waals surface area contributed by atoms with Crippen LogP contribution in [0.4, 0.5) is 0 Å². The van der Waals surface area contributed by atoms with Crippen LogP contribution in [0.25, 0.3) is 0 Å². The minimum atomic E-state index is -3.13. The Balaban J connectivity index is 2.21. The van der Waals surface area contributed by atoms with Gasteiger partial charge in [0.15, 0.2) is 9.84 Å². The average Bonchev–Trinajstić information content (AvgIpc) is 2.12. The van der Waals surface area contributed by atoms with Gasteiger partial charge in [0.25, 0.3) is 0 Å². The zero-order chi connectivity index (χ0) is 11.1. The number of hydrogen-bond donors (Lipinski definition) is 1. The third kappa shape index (κ3) is 2.02. The van der Waals surface area contributed by atoms with Gasteiger partial charge in [0.1, 0.15) is 0 Å². The lowest BCUT2D eigenvalue weighted by Gasteiger charge is -2.27. The van der Waals surface area contributed by atoms with Crippen LogP contribution in [0.5, 0.6) is 0 Å². The number of carbonyl (C=O) groups excluding carboxylic acids is 1. The Hall–Kier alpha value is -1.36. The molecule has 15 heavy (non-hydrogen) atoms. The van der Waals surface area contributed by atoms with E-state index in [0.717, 1.165) is 5.56 Å². The van der Waals surface area contributed by atoms with Crippen LogP contribution in [0, 0.1) is 0 Å². The largest absolute Gasteiger partial charge is 0.349 e. The van der Waals surface area contributed by atoms with Gasteiger partial charge in [-0.25, -0.2) is 8.42 Å². The van der Waals surface area contributed by atoms with Crippen LogP contribution < -0.4 is 5.32 Å². The van der Waals surface area contributed by atoms with Gasteiger partial charge in [-0.05, 0) is 17.7 Å². The third-order valence-corrected chi connectivity index (χ3v) is 3.56. The van der Waals surface area contributed by atoms with E-state index in [-0.39, 0.29) is 11.9 Å². The first-order chi connectivity index (χ1) is 6.97. The van der Waals surface area contributed by atoms with Gasteiger partial charge in [-0.2, -0.15) is 0 Å². The number of rotatable bonds is 2. The lowest BCUT2D eigenvalue weighted by Crippen LogP contribution is -2.41. The molecule has 0 radical (unpaired) electrons. The number of benzene rings is 1. The van der Waals surface area contributed by atoms with Gasteiger partial charge in [-0.1, -0.05) is 12.1 Å². The Labute approximate surface area is 88.2 Å². The van der Waals surface area contributed by atoms with Crippen molar-refractivity contribution < 1.29 is 13.2 Å². The molecule has 1 unspecified atom stereocenters. The highest BCUT2D eigenvalue weighted by Gasteiger charge is 2.26. The molecule has 0 aromatic heterocycles. The monoisotopic (exact) mass is 225 g/mol. The van der Waals surface area contributed by atoms with E-state index in [4.69, 9.17) is 0 Å². The zero-order valence-electron chi connectivity index (χ0n) is 8.23. The lowest BCUT2D eigenvalue weighted by atomic mass is 9.97. The van der Waals surface area contributed by atoms with Crippen molar-refractivity contribution in [2.75, 3.05) is 6.26 Å². The normalized spacial score (nSPS) is 20.6. The predicted molar refractivity (Wildman–Crippen MR) is 55.1 cm³/mol. The van der Waals surface area contributed by atoms with Crippen LogP contribution in [0.2, 0.25) is 0 Å². The summed E-state index contributed by atoms with van der Waals surface area (Å²) in [6, 6.07) is 6.65. The molecule has 1 atom stereocenters. The van der Waals surface area contributed by atoms with Crippen molar-refractivity contribution in [3.05, 3.63) is 29.8 Å². The van der Waals surface area contributed by atoms with Crippen LogP contribution >= 0.6 is 0 Å². The van der Waals surface area contributed by atoms with Crippen molar-refractivity contribution in [2.45, 2.75) is 17.4 Å². The molecule has 1 amide bonds. The van der Waals surface area contributed by atoms with Gasteiger partial charge in [-0.3, -0.25) is 4.79 Å². The fourth-order valence-corrected chi connectivity index (χ4v) is 2.14. The molecule has 1 aliphatic heterocycles. The van der Waals surface area contributed by atoms with Gasteiger partial charge in [0.05, 0.1) is 17.4 Å². The first-order valence-electron chi connectivity index (χ1n) is 4.56. The molecule has 0 aliphatic carbocycles. The van der Waals surface area contributed by atoms with Crippen LogP contribution in [-0.2, 0) is 14.6 Å². The Kier molecular flexibility index (Phi) is 2.26. The molecule has 1 aromatic rings. The van der Waals surface area contributed by atoms with E-state index < -0.39 is 9.84 Å². The van der Waals surface area contributed by atoms with Crippen molar-refractivity contribution in [3.8, 4) is 0 Å². The number of sulfone groups is 1. The van der Waals surface area contributed by atoms with E-state index in [1.54, 1.807) is 24.3 Å². The topological polar surface area (TPSA) is 63.2 Å². The summed E-state index contributed by atoms with van der Waals surface area (Å²) in [6.45, 7) is 0. The third-order valence-electron chi connectivity index (χ3n) is 2.44. The van der Waals surface area contributed by atoms with E-state index in [1.165, 1.54) is 6.26 Å². The van der Waals surface area contributed by atoms with Crippen LogP contribution in [-0.4, -0.2) is 20.6 Å². The van der Waals surface area contributed by atoms with Crippen molar-refractivity contribution in [1.82, 2.24) is 5.32 Å². The minimum Gasteiger partial charge on any atom is -0.349 e. The minimum absolute atomic E-state index is 0.0344. The number of carbonyl (C=O) groups is 1. The van der Waals surface area contributed by atoms with E-state index >= 15 is 0 Å². The highest BCUT2D eigenvalue weighted by Crippen LogP contribution is 2.24. The van der Waals surface area contributed by atoms with Gasteiger partial charge >= 0.3 is 0 Å². The molecule has 4 nitrogen and oxygen atoms in total. The van der Waals surface area contributed by atoms with Crippen LogP contribution in [0.15, 0.2) is 29.2 Å². The Morgan fingerprint density at radius 3 is 2.20 bits per heavy atom. The molecule has 0 spiro atoms. The summed E-state index contributed by atoms with van der Waals surface area (Å²) in [7, 11) is -3.13. The second-order valence-electron chi connectivity index (χ2n) is 3.67. The van der Waals surface area contributed by atoms with E-state index in [1.807, 2.05) is 0 Å². The molecular formula is C10H11NO3S. The maximum absolute atomic E-state index is 11.2. The summed E-state index contributed by atoms with van der Waals surface area (Å²) < 4.78 is 22.4. The molecule has 5 heteroatoms. The number of hydrogen-bond acceptors (Lipinski definition) is 3. The summed E-state index contributed by atoms with van der Waals surface area (Å²) in [5.74, 6) is 0.0344. The van der Waals surface area contributed by atoms with Gasteiger partial charge in [0.2, 0.25) is 5.91 Å². The smallest absolute Gasteiger partial charge is 0.222 e. The quantitative estimate of drug-likeness (QED) is 0.752. The zero-order valence-corrected chi connectivity index (χ0v) is 9.04. The number of amides is 1. The molecule has 0 bridgehead atoms. The first kappa shape index (κ1) is 10.2. The first-order valence-corrected chi connectivity index (χ1v) is 6.45. The SMILES string of the molecule is CS(=O)(=O)c1ccc(C2CC(=O)N2)cc1. The molecule has 1 heterocycles. The molecule has 1 aliphatic rings. The average molecular weight is 225 g/mol. The number of β-lactam (4-membered cyclic amide) rings is 1. The molecule has 1 fully saturated rings. The summed E-state index contributed by atoms with van der Waals surface area (Å²) in [6.07, 6.45) is 1.66. The predicted octanol–water partition coefficient (Wildman–Crippen LogP) is 0.651. The molecule has 1 aromatic carbocycles. The second-order valence-corrected chi connectivity index (χ2v) is 5.68. The van der Waals surface area contributed by atoms with Crippen molar-refractivity contribution >= 4 is 15.7 Å². The van der Waals surface area contributed by atoms with Crippen LogP contribution in [0.3, 0.4) is 0 Å². The lowest BCUT2D eigenvalue weighted by molar-refractivity contribution is -0.128. The van der Waals surface area contributed by atoms with Crippen molar-refractivity contribution in [1.29, 1.82) is 0 Å². The van der Waals surface area contributed by atoms with Crippen molar-refractivity contribution in [3.63, 3.8) is 0 Å². The molecule has 1 saturated heterocycles. The summed E-state index contributed by atoms with van der Waals surface area (Å²) in [4.78, 5) is 11.0. The fraction of sp³-hybridized carbons (Fsp3) is 0.300. The molecule has 1 N–H and O–H groups in total. The van der Waals surface area contributed by atoms with E-state index in [0.29, 0.717) is 11.3 Å². The van der Waals surface area contributed by atoms with Gasteiger partial charge in [0, 0.05) is 6.26 Å². The Bertz CT molecular complexity index is 482.